The number of aliphatic imine (C=N–C) groups is 1. The molecule has 1 aliphatic heterocycles. The van der Waals surface area contributed by atoms with Crippen LogP contribution in [0.1, 0.15) is 16.8 Å². The molecule has 25 heavy (non-hydrogen) atoms. The van der Waals surface area contributed by atoms with Crippen LogP contribution in [0.2, 0.25) is 0 Å². The van der Waals surface area contributed by atoms with E-state index in [1.807, 2.05) is 19.1 Å². The van der Waals surface area contributed by atoms with E-state index in [1.165, 1.54) is 17.8 Å². The lowest BCUT2D eigenvalue weighted by molar-refractivity contribution is -0.137. The summed E-state index contributed by atoms with van der Waals surface area (Å²) in [6, 6.07) is 10.4. The molecular formula is C17H14F3N3OS. The second-order valence-electron chi connectivity index (χ2n) is 5.55. The Morgan fingerprint density at radius 1 is 1.24 bits per heavy atom. The van der Waals surface area contributed by atoms with Gasteiger partial charge in [0.05, 0.1) is 10.8 Å². The van der Waals surface area contributed by atoms with Crippen molar-refractivity contribution in [3.63, 3.8) is 0 Å². The van der Waals surface area contributed by atoms with Gasteiger partial charge in [-0.25, -0.2) is 9.98 Å². The van der Waals surface area contributed by atoms with Crippen molar-refractivity contribution in [1.82, 2.24) is 10.3 Å². The van der Waals surface area contributed by atoms with Gasteiger partial charge in [0.15, 0.2) is 11.0 Å². The lowest BCUT2D eigenvalue weighted by Gasteiger charge is -2.10. The average Bonchev–Trinajstić information content (AvgIpc) is 2.86. The fourth-order valence-corrected chi connectivity index (χ4v) is 3.39. The number of nitrogens with one attached hydrogen (secondary N) is 1. The van der Waals surface area contributed by atoms with Gasteiger partial charge in [-0.05, 0) is 37.1 Å². The van der Waals surface area contributed by atoms with Gasteiger partial charge < -0.3 is 5.32 Å². The normalized spacial score (nSPS) is 19.3. The Hall–Kier alpha value is -2.35. The Morgan fingerprint density at radius 2 is 2.00 bits per heavy atom. The number of benzene rings is 1. The molecule has 2 aromatic rings. The molecule has 1 aromatic carbocycles. The summed E-state index contributed by atoms with van der Waals surface area (Å²) in [6.07, 6.45) is -4.20. The van der Waals surface area contributed by atoms with Gasteiger partial charge in [0.2, 0.25) is 5.91 Å². The van der Waals surface area contributed by atoms with Crippen molar-refractivity contribution in [2.24, 2.45) is 4.99 Å². The highest BCUT2D eigenvalue weighted by molar-refractivity contribution is 8.15. The minimum atomic E-state index is -4.40. The Labute approximate surface area is 146 Å². The maximum atomic E-state index is 12.8. The monoisotopic (exact) mass is 365 g/mol. The number of pyridine rings is 1. The lowest BCUT2D eigenvalue weighted by atomic mass is 10.1. The summed E-state index contributed by atoms with van der Waals surface area (Å²) in [5.74, 6) is 0.205. The zero-order valence-corrected chi connectivity index (χ0v) is 14.0. The van der Waals surface area contributed by atoms with E-state index in [1.54, 1.807) is 12.1 Å². The van der Waals surface area contributed by atoms with E-state index in [2.05, 4.69) is 15.3 Å². The molecule has 1 N–H and O–H groups in total. The molecule has 0 radical (unpaired) electrons. The third kappa shape index (κ3) is 4.39. The van der Waals surface area contributed by atoms with E-state index in [4.69, 9.17) is 0 Å². The molecule has 1 aliphatic rings. The zero-order chi connectivity index (χ0) is 18.0. The van der Waals surface area contributed by atoms with Gasteiger partial charge in [0.1, 0.15) is 0 Å². The molecular weight excluding hydrogens is 351 g/mol. The van der Waals surface area contributed by atoms with Crippen molar-refractivity contribution >= 4 is 28.7 Å². The number of aryl methyl sites for hydroxylation is 1. The summed E-state index contributed by atoms with van der Waals surface area (Å²) < 4.78 is 38.4. The number of halogens is 3. The van der Waals surface area contributed by atoms with Crippen molar-refractivity contribution in [2.45, 2.75) is 24.8 Å². The minimum Gasteiger partial charge on any atom is -0.304 e. The van der Waals surface area contributed by atoms with Crippen LogP contribution in [0.25, 0.3) is 0 Å². The minimum absolute atomic E-state index is 0.195. The molecule has 1 saturated heterocycles. The molecule has 0 saturated carbocycles. The summed E-state index contributed by atoms with van der Waals surface area (Å²) in [5.41, 5.74) is 0.542. The number of carbonyl (C=O) groups excluding carboxylic acids is 1. The highest BCUT2D eigenvalue weighted by Gasteiger charge is 2.33. The Kier molecular flexibility index (Phi) is 4.80. The van der Waals surface area contributed by atoms with Crippen LogP contribution in [0.4, 0.5) is 19.0 Å². The third-order valence-electron chi connectivity index (χ3n) is 3.54. The Morgan fingerprint density at radius 3 is 2.72 bits per heavy atom. The van der Waals surface area contributed by atoms with E-state index in [0.29, 0.717) is 16.5 Å². The smallest absolute Gasteiger partial charge is 0.304 e. The van der Waals surface area contributed by atoms with Crippen molar-refractivity contribution in [1.29, 1.82) is 0 Å². The van der Waals surface area contributed by atoms with E-state index >= 15 is 0 Å². The average molecular weight is 365 g/mol. The first-order chi connectivity index (χ1) is 11.8. The molecule has 1 atom stereocenters. The second-order valence-corrected chi connectivity index (χ2v) is 6.74. The van der Waals surface area contributed by atoms with Gasteiger partial charge in [-0.3, -0.25) is 4.79 Å². The van der Waals surface area contributed by atoms with E-state index in [-0.39, 0.29) is 12.3 Å². The van der Waals surface area contributed by atoms with Crippen LogP contribution in [-0.4, -0.2) is 21.3 Å². The number of hydrogen-bond donors (Lipinski definition) is 1. The quantitative estimate of drug-likeness (QED) is 0.898. The third-order valence-corrected chi connectivity index (χ3v) is 4.62. The number of rotatable bonds is 3. The van der Waals surface area contributed by atoms with Gasteiger partial charge in [0, 0.05) is 5.69 Å². The molecule has 3 rings (SSSR count). The van der Waals surface area contributed by atoms with Crippen LogP contribution in [0.15, 0.2) is 47.5 Å². The molecule has 0 aliphatic carbocycles. The molecule has 0 bridgehead atoms. The van der Waals surface area contributed by atoms with Gasteiger partial charge in [0.25, 0.3) is 0 Å². The summed E-state index contributed by atoms with van der Waals surface area (Å²) in [5, 5.41) is 2.53. The van der Waals surface area contributed by atoms with E-state index in [0.717, 1.165) is 17.8 Å². The maximum Gasteiger partial charge on any atom is 0.416 e. The molecule has 1 fully saturated rings. The van der Waals surface area contributed by atoms with Crippen molar-refractivity contribution in [2.75, 3.05) is 0 Å². The molecule has 1 amide bonds. The Balaban J connectivity index is 1.74. The van der Waals surface area contributed by atoms with E-state index < -0.39 is 17.0 Å². The molecule has 130 valence electrons. The predicted octanol–water partition coefficient (Wildman–Crippen LogP) is 3.87. The van der Waals surface area contributed by atoms with Gasteiger partial charge in [-0.2, -0.15) is 13.2 Å². The fourth-order valence-electron chi connectivity index (χ4n) is 2.38. The molecule has 0 unspecified atom stereocenters. The predicted molar refractivity (Wildman–Crippen MR) is 90.7 cm³/mol. The van der Waals surface area contributed by atoms with Crippen LogP contribution in [0, 0.1) is 6.92 Å². The summed E-state index contributed by atoms with van der Waals surface area (Å²) in [6.45, 7) is 1.83. The SMILES string of the molecule is Cc1cccc(/N=C2\NC(=O)[C@H](Cc3cccc(C(F)(F)F)c3)S2)n1. The molecule has 0 spiro atoms. The van der Waals surface area contributed by atoms with Crippen molar-refractivity contribution in [3.05, 3.63) is 59.3 Å². The van der Waals surface area contributed by atoms with Crippen LogP contribution in [-0.2, 0) is 17.4 Å². The first kappa shape index (κ1) is 17.5. The largest absolute Gasteiger partial charge is 0.416 e. The standard InChI is InChI=1S/C17H14F3N3OS/c1-10-4-2-7-14(21-10)22-16-23-15(24)13(25-16)9-11-5-3-6-12(8-11)17(18,19)20/h2-8,13H,9H2,1H3,(H,21,22,23,24)/t13-/m0/s1. The maximum absolute atomic E-state index is 12.8. The second kappa shape index (κ2) is 6.87. The number of alkyl halides is 3. The molecule has 8 heteroatoms. The van der Waals surface area contributed by atoms with Crippen molar-refractivity contribution in [3.8, 4) is 0 Å². The van der Waals surface area contributed by atoms with Gasteiger partial charge >= 0.3 is 6.18 Å². The molecule has 4 nitrogen and oxygen atoms in total. The summed E-state index contributed by atoms with van der Waals surface area (Å²) >= 11 is 1.20. The van der Waals surface area contributed by atoms with Crippen LogP contribution < -0.4 is 5.32 Å². The first-order valence-corrected chi connectivity index (χ1v) is 8.35. The highest BCUT2D eigenvalue weighted by Crippen LogP contribution is 2.31. The molecule has 2 heterocycles. The fraction of sp³-hybridized carbons (Fsp3) is 0.235. The topological polar surface area (TPSA) is 54.4 Å². The van der Waals surface area contributed by atoms with E-state index in [9.17, 15) is 18.0 Å². The zero-order valence-electron chi connectivity index (χ0n) is 13.2. The van der Waals surface area contributed by atoms with Gasteiger partial charge in [-0.1, -0.05) is 36.0 Å². The lowest BCUT2D eigenvalue weighted by Crippen LogP contribution is -2.26. The van der Waals surface area contributed by atoms with Crippen molar-refractivity contribution < 1.29 is 18.0 Å². The Bertz CT molecular complexity index is 836. The summed E-state index contributed by atoms with van der Waals surface area (Å²) in [7, 11) is 0. The number of thioether (sulfide) groups is 1. The summed E-state index contributed by atoms with van der Waals surface area (Å²) in [4.78, 5) is 20.6. The van der Waals surface area contributed by atoms with Crippen LogP contribution >= 0.6 is 11.8 Å². The van der Waals surface area contributed by atoms with Crippen LogP contribution in [0.5, 0.6) is 0 Å². The first-order valence-electron chi connectivity index (χ1n) is 7.47. The number of amides is 1. The number of nitrogens with zero attached hydrogens (tertiary/aromatic N) is 2. The number of carbonyl (C=O) groups is 1. The highest BCUT2D eigenvalue weighted by atomic mass is 32.2. The number of amidine groups is 1. The van der Waals surface area contributed by atoms with Gasteiger partial charge in [-0.15, -0.1) is 0 Å². The number of aromatic nitrogens is 1. The van der Waals surface area contributed by atoms with Crippen LogP contribution in [0.3, 0.4) is 0 Å². The molecule has 1 aromatic heterocycles. The number of hydrogen-bond acceptors (Lipinski definition) is 4.